The van der Waals surface area contributed by atoms with Crippen molar-refractivity contribution in [2.24, 2.45) is 0 Å². The number of carbonyl (C=O) groups excluding carboxylic acids is 2. The van der Waals surface area contributed by atoms with Crippen LogP contribution in [0.5, 0.6) is 0 Å². The van der Waals surface area contributed by atoms with Crippen molar-refractivity contribution in [3.05, 3.63) is 20.8 Å². The minimum Gasteiger partial charge on any atom is -0.479 e. The average Bonchev–Trinajstić information content (AvgIpc) is 2.93. The lowest BCUT2D eigenvalue weighted by molar-refractivity contribution is -0.159. The number of aliphatic carboxylic acids is 1. The predicted octanol–water partition coefficient (Wildman–Crippen LogP) is 0.895. The number of nitrogens with zero attached hydrogens (tertiary/aromatic N) is 2. The van der Waals surface area contributed by atoms with Crippen molar-refractivity contribution < 1.29 is 24.2 Å². The van der Waals surface area contributed by atoms with Crippen molar-refractivity contribution in [2.75, 3.05) is 33.3 Å². The molecule has 120 valence electrons. The number of morpholine rings is 1. The highest BCUT2D eigenvalue weighted by Gasteiger charge is 2.30. The number of ether oxygens (including phenoxy) is 1. The van der Waals surface area contributed by atoms with Crippen molar-refractivity contribution in [3.8, 4) is 0 Å². The zero-order chi connectivity index (χ0) is 16.3. The molecule has 22 heavy (non-hydrogen) atoms. The summed E-state index contributed by atoms with van der Waals surface area (Å²) in [4.78, 5) is 38.6. The molecule has 1 aromatic heterocycles. The Morgan fingerprint density at radius 2 is 2.23 bits per heavy atom. The van der Waals surface area contributed by atoms with Gasteiger partial charge in [0, 0.05) is 13.6 Å². The Bertz CT molecular complexity index is 591. The third-order valence-electron chi connectivity index (χ3n) is 3.20. The van der Waals surface area contributed by atoms with Crippen LogP contribution in [0.15, 0.2) is 15.9 Å². The highest BCUT2D eigenvalue weighted by Crippen LogP contribution is 2.23. The second-order valence-electron chi connectivity index (χ2n) is 4.80. The molecule has 0 aromatic carbocycles. The van der Waals surface area contributed by atoms with Gasteiger partial charge in [-0.1, -0.05) is 0 Å². The van der Waals surface area contributed by atoms with Crippen LogP contribution in [-0.2, 0) is 14.3 Å². The molecule has 9 heteroatoms. The first-order chi connectivity index (χ1) is 10.4. The Kier molecular flexibility index (Phi) is 5.54. The molecule has 1 saturated heterocycles. The zero-order valence-corrected chi connectivity index (χ0v) is 14.2. The first-order valence-electron chi connectivity index (χ1n) is 6.51. The molecule has 0 bridgehead atoms. The summed E-state index contributed by atoms with van der Waals surface area (Å²) in [7, 11) is 1.54. The fourth-order valence-corrected chi connectivity index (χ4v) is 3.40. The van der Waals surface area contributed by atoms with Gasteiger partial charge < -0.3 is 19.6 Å². The molecule has 1 aromatic rings. The van der Waals surface area contributed by atoms with Gasteiger partial charge in [-0.3, -0.25) is 9.59 Å². The number of hydrogen-bond donors (Lipinski definition) is 1. The number of carbonyl (C=O) groups is 3. The molecule has 1 atom stereocenters. The number of likely N-dealkylation sites (N-methyl/N-ethyl adjacent to an activating group) is 1. The van der Waals surface area contributed by atoms with E-state index < -0.39 is 12.1 Å². The monoisotopic (exact) mass is 390 g/mol. The summed E-state index contributed by atoms with van der Waals surface area (Å²) in [6.45, 7) is 0.412. The predicted molar refractivity (Wildman–Crippen MR) is 82.9 cm³/mol. The molecule has 0 radical (unpaired) electrons. The van der Waals surface area contributed by atoms with E-state index in [1.54, 1.807) is 19.2 Å². The molecule has 2 rings (SSSR count). The Morgan fingerprint density at radius 1 is 1.50 bits per heavy atom. The van der Waals surface area contributed by atoms with Crippen LogP contribution in [0, 0.1) is 0 Å². The maximum Gasteiger partial charge on any atom is 0.334 e. The van der Waals surface area contributed by atoms with Crippen molar-refractivity contribution in [1.29, 1.82) is 0 Å². The van der Waals surface area contributed by atoms with Crippen molar-refractivity contribution in [1.82, 2.24) is 9.80 Å². The second-order valence-corrected chi connectivity index (χ2v) is 7.27. The Hall–Kier alpha value is -1.45. The second kappa shape index (κ2) is 7.21. The van der Waals surface area contributed by atoms with E-state index in [1.807, 2.05) is 0 Å². The van der Waals surface area contributed by atoms with E-state index in [0.717, 1.165) is 3.79 Å². The summed E-state index contributed by atoms with van der Waals surface area (Å²) in [5.74, 6) is -1.63. The number of thiophene rings is 1. The molecular formula is C13H15BrN2O5S. The maximum absolute atomic E-state index is 12.2. The third kappa shape index (κ3) is 4.05. The van der Waals surface area contributed by atoms with Crippen LogP contribution in [-0.4, -0.2) is 72.1 Å². The normalized spacial score (nSPS) is 18.1. The van der Waals surface area contributed by atoms with E-state index >= 15 is 0 Å². The smallest absolute Gasteiger partial charge is 0.334 e. The highest BCUT2D eigenvalue weighted by molar-refractivity contribution is 9.11. The summed E-state index contributed by atoms with van der Waals surface area (Å²) in [6.07, 6.45) is -1.01. The largest absolute Gasteiger partial charge is 0.479 e. The zero-order valence-electron chi connectivity index (χ0n) is 11.8. The van der Waals surface area contributed by atoms with Gasteiger partial charge in [-0.15, -0.1) is 11.3 Å². The average molecular weight is 391 g/mol. The van der Waals surface area contributed by atoms with Crippen LogP contribution in [0.3, 0.4) is 0 Å². The highest BCUT2D eigenvalue weighted by atomic mass is 79.9. The molecule has 0 spiro atoms. The molecule has 2 heterocycles. The lowest BCUT2D eigenvalue weighted by Gasteiger charge is -2.32. The fourth-order valence-electron chi connectivity index (χ4n) is 2.02. The lowest BCUT2D eigenvalue weighted by Crippen LogP contribution is -2.51. The minimum absolute atomic E-state index is 0.000741. The summed E-state index contributed by atoms with van der Waals surface area (Å²) in [5.41, 5.74) is 0. The molecule has 1 aliphatic heterocycles. The Morgan fingerprint density at radius 3 is 2.82 bits per heavy atom. The molecule has 1 N–H and O–H groups in total. The van der Waals surface area contributed by atoms with E-state index in [1.165, 1.54) is 21.1 Å². The summed E-state index contributed by atoms with van der Waals surface area (Å²) >= 11 is 4.58. The lowest BCUT2D eigenvalue weighted by atomic mass is 10.2. The van der Waals surface area contributed by atoms with Gasteiger partial charge in [0.25, 0.3) is 5.91 Å². The van der Waals surface area contributed by atoms with Gasteiger partial charge in [0.2, 0.25) is 5.91 Å². The van der Waals surface area contributed by atoms with E-state index in [2.05, 4.69) is 15.9 Å². The molecule has 0 saturated carbocycles. The first kappa shape index (κ1) is 16.9. The van der Waals surface area contributed by atoms with Gasteiger partial charge in [-0.25, -0.2) is 4.79 Å². The van der Waals surface area contributed by atoms with Gasteiger partial charge in [0.1, 0.15) is 0 Å². The topological polar surface area (TPSA) is 87.2 Å². The summed E-state index contributed by atoms with van der Waals surface area (Å²) in [6, 6.07) is 3.46. The van der Waals surface area contributed by atoms with Gasteiger partial charge in [-0.05, 0) is 28.1 Å². The van der Waals surface area contributed by atoms with E-state index in [9.17, 15) is 14.4 Å². The molecule has 0 aliphatic carbocycles. The van der Waals surface area contributed by atoms with Crippen LogP contribution < -0.4 is 0 Å². The summed E-state index contributed by atoms with van der Waals surface area (Å²) in [5, 5.41) is 8.93. The molecule has 2 amide bonds. The van der Waals surface area contributed by atoms with Gasteiger partial charge in [0.15, 0.2) is 6.10 Å². The molecule has 1 aliphatic rings. The number of carboxylic acids is 1. The number of rotatable bonds is 4. The minimum atomic E-state index is -1.09. The van der Waals surface area contributed by atoms with E-state index in [0.29, 0.717) is 11.4 Å². The maximum atomic E-state index is 12.2. The first-order valence-corrected chi connectivity index (χ1v) is 8.12. The third-order valence-corrected chi connectivity index (χ3v) is 4.81. The molecule has 1 fully saturated rings. The van der Waals surface area contributed by atoms with E-state index in [-0.39, 0.29) is 31.5 Å². The van der Waals surface area contributed by atoms with Gasteiger partial charge in [0.05, 0.1) is 28.4 Å². The quantitative estimate of drug-likeness (QED) is 0.824. The van der Waals surface area contributed by atoms with Gasteiger partial charge in [-0.2, -0.15) is 0 Å². The fraction of sp³-hybridized carbons (Fsp3) is 0.462. The van der Waals surface area contributed by atoms with Crippen LogP contribution in [0.25, 0.3) is 0 Å². The Balaban J connectivity index is 1.93. The number of hydrogen-bond acceptors (Lipinski definition) is 5. The van der Waals surface area contributed by atoms with Crippen LogP contribution in [0.1, 0.15) is 9.67 Å². The number of carboxylic acid groups (broad SMARTS) is 1. The van der Waals surface area contributed by atoms with Crippen molar-refractivity contribution >= 4 is 45.1 Å². The van der Waals surface area contributed by atoms with Crippen molar-refractivity contribution in [3.63, 3.8) is 0 Å². The number of amides is 2. The van der Waals surface area contributed by atoms with Crippen LogP contribution in [0.4, 0.5) is 0 Å². The standard InChI is InChI=1S/C13H15BrN2O5S/c1-15(12(18)9-2-3-10(14)22-9)7-11(17)16-4-5-21-8(6-16)13(19)20/h2-3,8H,4-7H2,1H3,(H,19,20). The van der Waals surface area contributed by atoms with E-state index in [4.69, 9.17) is 9.84 Å². The molecule has 1 unspecified atom stereocenters. The van der Waals surface area contributed by atoms with Crippen molar-refractivity contribution in [2.45, 2.75) is 6.10 Å². The molecular weight excluding hydrogens is 376 g/mol. The Labute approximate surface area is 139 Å². The van der Waals surface area contributed by atoms with Gasteiger partial charge >= 0.3 is 5.97 Å². The number of halogens is 1. The summed E-state index contributed by atoms with van der Waals surface area (Å²) < 4.78 is 5.91. The molecule has 7 nitrogen and oxygen atoms in total. The van der Waals surface area contributed by atoms with Crippen LogP contribution in [0.2, 0.25) is 0 Å². The van der Waals surface area contributed by atoms with Crippen LogP contribution >= 0.6 is 27.3 Å². The SMILES string of the molecule is CN(CC(=O)N1CCOC(C(=O)O)C1)C(=O)c1ccc(Br)s1.